The van der Waals surface area contributed by atoms with Gasteiger partial charge in [-0.3, -0.25) is 4.79 Å². The lowest BCUT2D eigenvalue weighted by atomic mass is 9.99. The zero-order chi connectivity index (χ0) is 12.8. The van der Waals surface area contributed by atoms with Crippen LogP contribution >= 0.6 is 0 Å². The maximum Gasteiger partial charge on any atom is 0.248 e. The minimum Gasteiger partial charge on any atom is -0.371 e. The van der Waals surface area contributed by atoms with Gasteiger partial charge in [0, 0.05) is 26.2 Å². The predicted molar refractivity (Wildman–Crippen MR) is 70.5 cm³/mol. The number of carbonyl (C=O) groups excluding carboxylic acids is 1. The number of piperidine rings is 1. The van der Waals surface area contributed by atoms with Gasteiger partial charge in [-0.1, -0.05) is 0 Å². The van der Waals surface area contributed by atoms with Gasteiger partial charge in [0.15, 0.2) is 0 Å². The van der Waals surface area contributed by atoms with Gasteiger partial charge in [0.25, 0.3) is 0 Å². The van der Waals surface area contributed by atoms with Gasteiger partial charge in [0.1, 0.15) is 6.61 Å². The van der Waals surface area contributed by atoms with Gasteiger partial charge < -0.3 is 19.9 Å². The third kappa shape index (κ3) is 4.23. The molecule has 0 aromatic carbocycles. The molecule has 0 aromatic heterocycles. The van der Waals surface area contributed by atoms with E-state index in [9.17, 15) is 4.79 Å². The van der Waals surface area contributed by atoms with Crippen molar-refractivity contribution in [2.45, 2.75) is 12.8 Å². The standard InChI is InChI=1S/C13H25N3O2/c1-15-6-8-16(9-7-15)13(17)11-18-10-12-2-4-14-5-3-12/h12,14H,2-11H2,1H3. The van der Waals surface area contributed by atoms with Gasteiger partial charge >= 0.3 is 0 Å². The average molecular weight is 255 g/mol. The van der Waals surface area contributed by atoms with Gasteiger partial charge in [-0.05, 0) is 38.9 Å². The molecule has 2 aliphatic rings. The maximum atomic E-state index is 11.9. The predicted octanol–water partition coefficient (Wildman–Crippen LogP) is -0.223. The molecule has 0 saturated carbocycles. The van der Waals surface area contributed by atoms with Crippen molar-refractivity contribution in [3.05, 3.63) is 0 Å². The first-order chi connectivity index (χ1) is 8.75. The molecule has 0 bridgehead atoms. The van der Waals surface area contributed by atoms with Crippen molar-refractivity contribution in [3.8, 4) is 0 Å². The van der Waals surface area contributed by atoms with E-state index in [1.807, 2.05) is 4.90 Å². The van der Waals surface area contributed by atoms with E-state index in [2.05, 4.69) is 17.3 Å². The summed E-state index contributed by atoms with van der Waals surface area (Å²) >= 11 is 0. The Balaban J connectivity index is 1.59. The summed E-state index contributed by atoms with van der Waals surface area (Å²) in [7, 11) is 2.09. The van der Waals surface area contributed by atoms with E-state index in [0.717, 1.165) is 45.9 Å². The zero-order valence-corrected chi connectivity index (χ0v) is 11.4. The Kier molecular flexibility index (Phi) is 5.41. The van der Waals surface area contributed by atoms with Crippen LogP contribution in [0.2, 0.25) is 0 Å². The SMILES string of the molecule is CN1CCN(C(=O)COCC2CCNCC2)CC1. The van der Waals surface area contributed by atoms with Crippen LogP contribution in [-0.4, -0.2) is 75.2 Å². The third-order valence-corrected chi connectivity index (χ3v) is 3.89. The first-order valence-electron chi connectivity index (χ1n) is 7.00. The highest BCUT2D eigenvalue weighted by atomic mass is 16.5. The van der Waals surface area contributed by atoms with Crippen LogP contribution in [0.1, 0.15) is 12.8 Å². The molecule has 0 atom stereocenters. The van der Waals surface area contributed by atoms with Gasteiger partial charge in [-0.2, -0.15) is 0 Å². The molecule has 2 aliphatic heterocycles. The summed E-state index contributed by atoms with van der Waals surface area (Å²) in [4.78, 5) is 16.1. The van der Waals surface area contributed by atoms with Crippen molar-refractivity contribution in [1.82, 2.24) is 15.1 Å². The van der Waals surface area contributed by atoms with Gasteiger partial charge in [-0.15, -0.1) is 0 Å². The van der Waals surface area contributed by atoms with Gasteiger partial charge in [0.05, 0.1) is 6.61 Å². The Labute approximate surface area is 109 Å². The second-order valence-corrected chi connectivity index (χ2v) is 5.39. The number of hydrogen-bond donors (Lipinski definition) is 1. The van der Waals surface area contributed by atoms with E-state index in [1.165, 1.54) is 12.8 Å². The lowest BCUT2D eigenvalue weighted by Gasteiger charge is -2.32. The van der Waals surface area contributed by atoms with Crippen molar-refractivity contribution in [2.24, 2.45) is 5.92 Å². The van der Waals surface area contributed by atoms with E-state index < -0.39 is 0 Å². The van der Waals surface area contributed by atoms with Crippen LogP contribution in [0.25, 0.3) is 0 Å². The normalized spacial score (nSPS) is 23.3. The molecule has 2 fully saturated rings. The molecule has 0 aromatic rings. The number of nitrogens with one attached hydrogen (secondary N) is 1. The fourth-order valence-electron chi connectivity index (χ4n) is 2.51. The Bertz CT molecular complexity index is 259. The Morgan fingerprint density at radius 1 is 1.22 bits per heavy atom. The van der Waals surface area contributed by atoms with Crippen LogP contribution in [0.5, 0.6) is 0 Å². The molecule has 2 rings (SSSR count). The van der Waals surface area contributed by atoms with Crippen molar-refractivity contribution in [3.63, 3.8) is 0 Å². The summed E-state index contributed by atoms with van der Waals surface area (Å²) in [6.07, 6.45) is 2.34. The molecule has 5 nitrogen and oxygen atoms in total. The molecular weight excluding hydrogens is 230 g/mol. The average Bonchev–Trinajstić information content (AvgIpc) is 2.40. The third-order valence-electron chi connectivity index (χ3n) is 3.89. The molecule has 1 N–H and O–H groups in total. The summed E-state index contributed by atoms with van der Waals surface area (Å²) in [5.74, 6) is 0.781. The highest BCUT2D eigenvalue weighted by Gasteiger charge is 2.19. The lowest BCUT2D eigenvalue weighted by Crippen LogP contribution is -2.48. The molecule has 104 valence electrons. The zero-order valence-electron chi connectivity index (χ0n) is 11.4. The molecule has 0 radical (unpaired) electrons. The van der Waals surface area contributed by atoms with E-state index >= 15 is 0 Å². The summed E-state index contributed by atoms with van der Waals surface area (Å²) < 4.78 is 5.58. The van der Waals surface area contributed by atoms with Gasteiger partial charge in [0.2, 0.25) is 5.91 Å². The van der Waals surface area contributed by atoms with Crippen molar-refractivity contribution in [2.75, 3.05) is 59.5 Å². The molecule has 0 spiro atoms. The Morgan fingerprint density at radius 2 is 1.89 bits per heavy atom. The minimum atomic E-state index is 0.150. The van der Waals surface area contributed by atoms with E-state index in [0.29, 0.717) is 5.92 Å². The fraction of sp³-hybridized carbons (Fsp3) is 0.923. The molecule has 0 aliphatic carbocycles. The van der Waals surface area contributed by atoms with Crippen LogP contribution in [-0.2, 0) is 9.53 Å². The monoisotopic (exact) mass is 255 g/mol. The first-order valence-corrected chi connectivity index (χ1v) is 7.00. The largest absolute Gasteiger partial charge is 0.371 e. The van der Waals surface area contributed by atoms with Crippen LogP contribution in [0.15, 0.2) is 0 Å². The molecule has 5 heteroatoms. The number of carbonyl (C=O) groups is 1. The number of piperazine rings is 1. The smallest absolute Gasteiger partial charge is 0.248 e. The molecule has 18 heavy (non-hydrogen) atoms. The lowest BCUT2D eigenvalue weighted by molar-refractivity contribution is -0.138. The quantitative estimate of drug-likeness (QED) is 0.754. The van der Waals surface area contributed by atoms with Gasteiger partial charge in [-0.25, -0.2) is 0 Å². The maximum absolute atomic E-state index is 11.9. The number of rotatable bonds is 4. The number of amides is 1. The van der Waals surface area contributed by atoms with Crippen LogP contribution in [0, 0.1) is 5.92 Å². The Hall–Kier alpha value is -0.650. The summed E-state index contributed by atoms with van der Waals surface area (Å²) in [6, 6.07) is 0. The first kappa shape index (κ1) is 13.8. The van der Waals surface area contributed by atoms with Crippen molar-refractivity contribution >= 4 is 5.91 Å². The minimum absolute atomic E-state index is 0.150. The number of hydrogen-bond acceptors (Lipinski definition) is 4. The van der Waals surface area contributed by atoms with Crippen LogP contribution < -0.4 is 5.32 Å². The molecular formula is C13H25N3O2. The topological polar surface area (TPSA) is 44.8 Å². The highest BCUT2D eigenvalue weighted by Crippen LogP contribution is 2.11. The molecule has 1 amide bonds. The number of likely N-dealkylation sites (N-methyl/N-ethyl adjacent to an activating group) is 1. The number of ether oxygens (including phenoxy) is 1. The summed E-state index contributed by atoms with van der Waals surface area (Å²) in [5, 5.41) is 3.33. The van der Waals surface area contributed by atoms with E-state index in [-0.39, 0.29) is 12.5 Å². The fourth-order valence-corrected chi connectivity index (χ4v) is 2.51. The summed E-state index contributed by atoms with van der Waals surface area (Å²) in [5.41, 5.74) is 0. The molecule has 0 unspecified atom stereocenters. The summed E-state index contributed by atoms with van der Waals surface area (Å²) in [6.45, 7) is 6.79. The van der Waals surface area contributed by atoms with E-state index in [4.69, 9.17) is 4.74 Å². The number of nitrogens with zero attached hydrogens (tertiary/aromatic N) is 2. The Morgan fingerprint density at radius 3 is 2.56 bits per heavy atom. The van der Waals surface area contributed by atoms with Crippen molar-refractivity contribution in [1.29, 1.82) is 0 Å². The van der Waals surface area contributed by atoms with Crippen molar-refractivity contribution < 1.29 is 9.53 Å². The second-order valence-electron chi connectivity index (χ2n) is 5.39. The highest BCUT2D eigenvalue weighted by molar-refractivity contribution is 5.77. The molecule has 2 saturated heterocycles. The molecule has 2 heterocycles. The van der Waals surface area contributed by atoms with Crippen LogP contribution in [0.4, 0.5) is 0 Å². The van der Waals surface area contributed by atoms with E-state index in [1.54, 1.807) is 0 Å². The second kappa shape index (κ2) is 7.07. The van der Waals surface area contributed by atoms with Crippen LogP contribution in [0.3, 0.4) is 0 Å².